The molecular formula is C24H25N3O4S. The molecule has 1 aliphatic carbocycles. The predicted molar refractivity (Wildman–Crippen MR) is 123 cm³/mol. The summed E-state index contributed by atoms with van der Waals surface area (Å²) in [6.07, 6.45) is 4.01. The Balaban J connectivity index is 1.32. The highest BCUT2D eigenvalue weighted by Crippen LogP contribution is 2.34. The molecule has 1 unspecified atom stereocenters. The fourth-order valence-electron chi connectivity index (χ4n) is 4.20. The summed E-state index contributed by atoms with van der Waals surface area (Å²) in [5, 5.41) is 11.4. The van der Waals surface area contributed by atoms with Gasteiger partial charge in [0.2, 0.25) is 0 Å². The van der Waals surface area contributed by atoms with Crippen LogP contribution in [0.1, 0.15) is 28.4 Å². The smallest absolute Gasteiger partial charge is 0.259 e. The van der Waals surface area contributed by atoms with Gasteiger partial charge in [-0.1, -0.05) is 18.2 Å². The summed E-state index contributed by atoms with van der Waals surface area (Å²) >= 11 is 1.63. The molecule has 0 bridgehead atoms. The lowest BCUT2D eigenvalue weighted by Crippen LogP contribution is -2.35. The largest absolute Gasteiger partial charge is 0.491 e. The number of aliphatic hydroxyl groups excluding tert-OH is 1. The van der Waals surface area contributed by atoms with Crippen LogP contribution in [-0.2, 0) is 25.9 Å². The van der Waals surface area contributed by atoms with Gasteiger partial charge in [-0.05, 0) is 49.1 Å². The number of fused-ring (bicyclic) bond motifs is 3. The Hall–Kier alpha value is -2.94. The third-order valence-electron chi connectivity index (χ3n) is 5.61. The lowest BCUT2D eigenvalue weighted by molar-refractivity contribution is 0.0595. The minimum Gasteiger partial charge on any atom is -0.491 e. The number of benzene rings is 1. The van der Waals surface area contributed by atoms with E-state index in [-0.39, 0.29) is 12.2 Å². The fraction of sp³-hybridized carbons (Fsp3) is 0.333. The van der Waals surface area contributed by atoms with Crippen LogP contribution in [0.15, 0.2) is 57.9 Å². The Morgan fingerprint density at radius 3 is 2.88 bits per heavy atom. The lowest BCUT2D eigenvalue weighted by atomic mass is 10.2. The minimum atomic E-state index is -0.717. The predicted octanol–water partition coefficient (Wildman–Crippen LogP) is 3.51. The highest BCUT2D eigenvalue weighted by Gasteiger charge is 2.22. The number of thiophene rings is 1. The molecule has 5 rings (SSSR count). The Morgan fingerprint density at radius 2 is 2.06 bits per heavy atom. The van der Waals surface area contributed by atoms with Crippen LogP contribution < -0.4 is 10.3 Å². The van der Waals surface area contributed by atoms with E-state index in [1.165, 1.54) is 10.4 Å². The van der Waals surface area contributed by atoms with Gasteiger partial charge in [0.05, 0.1) is 24.7 Å². The molecule has 0 saturated heterocycles. The van der Waals surface area contributed by atoms with Crippen molar-refractivity contribution >= 4 is 21.6 Å². The molecule has 3 aromatic heterocycles. The van der Waals surface area contributed by atoms with E-state index in [4.69, 9.17) is 14.1 Å². The van der Waals surface area contributed by atoms with Crippen LogP contribution in [0.5, 0.6) is 5.75 Å². The van der Waals surface area contributed by atoms with E-state index < -0.39 is 6.10 Å². The van der Waals surface area contributed by atoms with Gasteiger partial charge < -0.3 is 19.2 Å². The first-order valence-electron chi connectivity index (χ1n) is 10.8. The van der Waals surface area contributed by atoms with Gasteiger partial charge in [0.25, 0.3) is 5.56 Å². The third kappa shape index (κ3) is 4.62. The van der Waals surface area contributed by atoms with E-state index in [0.29, 0.717) is 31.2 Å². The number of aryl methyl sites for hydroxylation is 2. The number of aromatic nitrogens is 2. The normalized spacial score (nSPS) is 14.2. The van der Waals surface area contributed by atoms with Crippen molar-refractivity contribution in [2.45, 2.75) is 38.5 Å². The van der Waals surface area contributed by atoms with Crippen LogP contribution in [0.3, 0.4) is 0 Å². The number of nitrogens with one attached hydrogen (secondary N) is 1. The van der Waals surface area contributed by atoms with Crippen molar-refractivity contribution in [3.05, 3.63) is 81.1 Å². The molecule has 8 heteroatoms. The monoisotopic (exact) mass is 451 g/mol. The minimum absolute atomic E-state index is 0.0738. The second kappa shape index (κ2) is 9.28. The van der Waals surface area contributed by atoms with Crippen molar-refractivity contribution in [1.29, 1.82) is 0 Å². The van der Waals surface area contributed by atoms with Crippen molar-refractivity contribution in [2.75, 3.05) is 13.2 Å². The van der Waals surface area contributed by atoms with Gasteiger partial charge in [-0.25, -0.2) is 4.98 Å². The van der Waals surface area contributed by atoms with Gasteiger partial charge in [0, 0.05) is 11.4 Å². The number of furan rings is 1. The Morgan fingerprint density at radius 1 is 1.19 bits per heavy atom. The van der Waals surface area contributed by atoms with E-state index >= 15 is 0 Å². The molecule has 1 aliphatic rings. The van der Waals surface area contributed by atoms with Gasteiger partial charge in [-0.3, -0.25) is 9.69 Å². The SMILES string of the molecule is O=c1[nH]c(CN(Cc2ccco2)CC(O)COc2ccccc2)nc2sc3c(c12)CCC3. The van der Waals surface area contributed by atoms with Crippen molar-refractivity contribution in [3.63, 3.8) is 0 Å². The standard InChI is InChI=1S/C24H25N3O4S/c28-16(15-31-17-6-2-1-3-7-17)12-27(13-18-8-5-11-30-18)14-21-25-23(29)22-19-9-4-10-20(19)32-24(22)26-21/h1-3,5-8,11,16,28H,4,9-10,12-15H2,(H,25,26,29). The van der Waals surface area contributed by atoms with Gasteiger partial charge in [0.15, 0.2) is 0 Å². The van der Waals surface area contributed by atoms with Crippen LogP contribution >= 0.6 is 11.3 Å². The maximum atomic E-state index is 12.8. The van der Waals surface area contributed by atoms with Crippen LogP contribution in [0, 0.1) is 0 Å². The van der Waals surface area contributed by atoms with Crippen molar-refractivity contribution < 1.29 is 14.3 Å². The molecule has 0 saturated carbocycles. The molecule has 1 atom stereocenters. The van der Waals surface area contributed by atoms with E-state index in [0.717, 1.165) is 35.2 Å². The zero-order valence-corrected chi connectivity index (χ0v) is 18.4. The molecule has 166 valence electrons. The summed E-state index contributed by atoms with van der Waals surface area (Å²) in [6, 6.07) is 13.1. The number of hydrogen-bond donors (Lipinski definition) is 2. The van der Waals surface area contributed by atoms with Crippen LogP contribution in [0.4, 0.5) is 0 Å². The number of H-pyrrole nitrogens is 1. The zero-order chi connectivity index (χ0) is 21.9. The van der Waals surface area contributed by atoms with Gasteiger partial charge >= 0.3 is 0 Å². The summed E-state index contributed by atoms with van der Waals surface area (Å²) in [5.41, 5.74) is 1.10. The zero-order valence-electron chi connectivity index (χ0n) is 17.6. The van der Waals surface area contributed by atoms with Gasteiger partial charge in [-0.15, -0.1) is 11.3 Å². The molecule has 3 heterocycles. The number of rotatable bonds is 9. The van der Waals surface area contributed by atoms with Crippen LogP contribution in [0.25, 0.3) is 10.2 Å². The molecular weight excluding hydrogens is 426 g/mol. The van der Waals surface area contributed by atoms with E-state index in [2.05, 4.69) is 4.98 Å². The quantitative estimate of drug-likeness (QED) is 0.405. The van der Waals surface area contributed by atoms with E-state index in [1.807, 2.05) is 47.4 Å². The van der Waals surface area contributed by atoms with Crippen molar-refractivity contribution in [2.24, 2.45) is 0 Å². The second-order valence-electron chi connectivity index (χ2n) is 8.08. The van der Waals surface area contributed by atoms with Gasteiger partial charge in [-0.2, -0.15) is 0 Å². The first-order valence-corrected chi connectivity index (χ1v) is 11.6. The molecule has 0 radical (unpaired) electrons. The van der Waals surface area contributed by atoms with E-state index in [1.54, 1.807) is 17.6 Å². The molecule has 1 aromatic carbocycles. The molecule has 0 aliphatic heterocycles. The molecule has 4 aromatic rings. The van der Waals surface area contributed by atoms with Crippen molar-refractivity contribution in [1.82, 2.24) is 14.9 Å². The maximum Gasteiger partial charge on any atom is 0.259 e. The van der Waals surface area contributed by atoms with Crippen molar-refractivity contribution in [3.8, 4) is 5.75 Å². The topological polar surface area (TPSA) is 91.6 Å². The summed E-state index contributed by atoms with van der Waals surface area (Å²) in [7, 11) is 0. The molecule has 2 N–H and O–H groups in total. The van der Waals surface area contributed by atoms with E-state index in [9.17, 15) is 9.90 Å². The summed E-state index contributed by atoms with van der Waals surface area (Å²) in [6.45, 7) is 1.38. The van der Waals surface area contributed by atoms with Crippen LogP contribution in [0.2, 0.25) is 0 Å². The molecule has 0 amide bonds. The molecule has 0 spiro atoms. The molecule has 32 heavy (non-hydrogen) atoms. The number of hydrogen-bond acceptors (Lipinski definition) is 7. The second-order valence-corrected chi connectivity index (χ2v) is 9.16. The summed E-state index contributed by atoms with van der Waals surface area (Å²) in [4.78, 5) is 24.6. The molecule has 0 fully saturated rings. The average molecular weight is 452 g/mol. The highest BCUT2D eigenvalue weighted by molar-refractivity contribution is 7.18. The Kier molecular flexibility index (Phi) is 6.07. The fourth-order valence-corrected chi connectivity index (χ4v) is 5.48. The number of aromatic amines is 1. The lowest BCUT2D eigenvalue weighted by Gasteiger charge is -2.24. The number of aliphatic hydroxyl groups is 1. The third-order valence-corrected chi connectivity index (χ3v) is 6.80. The van der Waals surface area contributed by atoms with Crippen LogP contribution in [-0.4, -0.2) is 39.2 Å². The highest BCUT2D eigenvalue weighted by atomic mass is 32.1. The number of nitrogens with zero attached hydrogens (tertiary/aromatic N) is 2. The Labute approximate surface area is 189 Å². The number of para-hydroxylation sites is 1. The average Bonchev–Trinajstić information content (AvgIpc) is 3.51. The number of ether oxygens (including phenoxy) is 1. The van der Waals surface area contributed by atoms with Gasteiger partial charge in [0.1, 0.15) is 34.9 Å². The first kappa shape index (κ1) is 20.9. The molecule has 7 nitrogen and oxygen atoms in total. The summed E-state index contributed by atoms with van der Waals surface area (Å²) in [5.74, 6) is 2.08. The maximum absolute atomic E-state index is 12.8. The summed E-state index contributed by atoms with van der Waals surface area (Å²) < 4.78 is 11.2. The first-order chi connectivity index (χ1) is 15.7. The Bertz CT molecular complexity index is 1230.